The Hall–Kier alpha value is -1.12. The molecular formula is C9H18N4O3S. The van der Waals surface area contributed by atoms with Crippen molar-refractivity contribution in [2.45, 2.75) is 24.3 Å². The fourth-order valence-electron chi connectivity index (χ4n) is 1.50. The zero-order valence-electron chi connectivity index (χ0n) is 10.4. The lowest BCUT2D eigenvalue weighted by atomic mass is 10.1. The van der Waals surface area contributed by atoms with Crippen molar-refractivity contribution in [3.05, 3.63) is 6.20 Å². The second-order valence-corrected chi connectivity index (χ2v) is 6.13. The van der Waals surface area contributed by atoms with Gasteiger partial charge in [0.05, 0.1) is 12.1 Å². The summed E-state index contributed by atoms with van der Waals surface area (Å²) < 4.78 is 32.9. The topological polar surface area (TPSA) is 99.2 Å². The van der Waals surface area contributed by atoms with E-state index in [-0.39, 0.29) is 17.3 Å². The maximum Gasteiger partial charge on any atom is 0.246 e. The molecule has 0 fully saturated rings. The molecule has 0 aliphatic rings. The lowest BCUT2D eigenvalue weighted by molar-refractivity contribution is 0.141. The molecule has 0 bridgehead atoms. The van der Waals surface area contributed by atoms with Crippen LogP contribution in [0.15, 0.2) is 11.1 Å². The number of methoxy groups -OCH3 is 1. The van der Waals surface area contributed by atoms with E-state index in [1.54, 1.807) is 20.9 Å². The minimum atomic E-state index is -3.69. The number of hydrogen-bond donors (Lipinski definition) is 2. The summed E-state index contributed by atoms with van der Waals surface area (Å²) in [4.78, 5) is -0.0239. The molecular weight excluding hydrogens is 244 g/mol. The Balaban J connectivity index is 3.01. The zero-order chi connectivity index (χ0) is 13.3. The standard InChI is InChI=1S/C9H18N4O3S/c1-9(2,6-16-4)12-17(14,15)7-5-13(3)11-8(7)10/h5,12H,6H2,1-4H3,(H2,10,11). The molecule has 7 nitrogen and oxygen atoms in total. The van der Waals surface area contributed by atoms with Gasteiger partial charge in [-0.05, 0) is 13.8 Å². The predicted molar refractivity (Wildman–Crippen MR) is 63.9 cm³/mol. The third-order valence-electron chi connectivity index (χ3n) is 2.03. The molecule has 0 amide bonds. The molecule has 0 saturated carbocycles. The van der Waals surface area contributed by atoms with E-state index in [9.17, 15) is 8.42 Å². The van der Waals surface area contributed by atoms with Crippen LogP contribution in [0.1, 0.15) is 13.8 Å². The first-order valence-corrected chi connectivity index (χ1v) is 6.48. The van der Waals surface area contributed by atoms with Crippen LogP contribution in [0.4, 0.5) is 5.82 Å². The van der Waals surface area contributed by atoms with Gasteiger partial charge in [0.15, 0.2) is 5.82 Å². The molecule has 0 spiro atoms. The minimum absolute atomic E-state index is 0.0202. The van der Waals surface area contributed by atoms with Crippen molar-refractivity contribution < 1.29 is 13.2 Å². The molecule has 17 heavy (non-hydrogen) atoms. The summed E-state index contributed by atoms with van der Waals surface area (Å²) in [6, 6.07) is 0. The first-order valence-electron chi connectivity index (χ1n) is 5.00. The molecule has 3 N–H and O–H groups in total. The number of nitrogens with two attached hydrogens (primary N) is 1. The highest BCUT2D eigenvalue weighted by Gasteiger charge is 2.28. The van der Waals surface area contributed by atoms with Crippen LogP contribution in [0.3, 0.4) is 0 Å². The molecule has 0 radical (unpaired) electrons. The Morgan fingerprint density at radius 3 is 2.59 bits per heavy atom. The number of hydrogen-bond acceptors (Lipinski definition) is 5. The Kier molecular flexibility index (Phi) is 3.80. The van der Waals surface area contributed by atoms with Gasteiger partial charge in [0, 0.05) is 20.4 Å². The average molecular weight is 262 g/mol. The highest BCUT2D eigenvalue weighted by molar-refractivity contribution is 7.89. The van der Waals surface area contributed by atoms with Crippen LogP contribution in [0.5, 0.6) is 0 Å². The van der Waals surface area contributed by atoms with Gasteiger partial charge in [-0.2, -0.15) is 5.10 Å². The van der Waals surface area contributed by atoms with Crippen molar-refractivity contribution in [3.63, 3.8) is 0 Å². The van der Waals surface area contributed by atoms with Gasteiger partial charge in [0.2, 0.25) is 10.0 Å². The van der Waals surface area contributed by atoms with Crippen LogP contribution in [-0.2, 0) is 21.8 Å². The van der Waals surface area contributed by atoms with E-state index in [1.165, 1.54) is 18.0 Å². The van der Waals surface area contributed by atoms with Gasteiger partial charge in [0.25, 0.3) is 0 Å². The van der Waals surface area contributed by atoms with E-state index in [2.05, 4.69) is 9.82 Å². The number of nitrogens with zero attached hydrogens (tertiary/aromatic N) is 2. The van der Waals surface area contributed by atoms with E-state index in [0.717, 1.165) is 0 Å². The van der Waals surface area contributed by atoms with Crippen molar-refractivity contribution >= 4 is 15.8 Å². The Morgan fingerprint density at radius 1 is 1.59 bits per heavy atom. The number of aromatic nitrogens is 2. The van der Waals surface area contributed by atoms with E-state index in [0.29, 0.717) is 0 Å². The fourth-order valence-corrected chi connectivity index (χ4v) is 3.00. The zero-order valence-corrected chi connectivity index (χ0v) is 11.2. The number of nitrogens with one attached hydrogen (secondary N) is 1. The first kappa shape index (κ1) is 13.9. The summed E-state index contributed by atoms with van der Waals surface area (Å²) >= 11 is 0. The fraction of sp³-hybridized carbons (Fsp3) is 0.667. The van der Waals surface area contributed by atoms with Gasteiger partial charge in [-0.25, -0.2) is 13.1 Å². The Morgan fingerprint density at radius 2 is 2.18 bits per heavy atom. The highest BCUT2D eigenvalue weighted by Crippen LogP contribution is 2.18. The lowest BCUT2D eigenvalue weighted by Gasteiger charge is -2.24. The molecule has 8 heteroatoms. The van der Waals surface area contributed by atoms with Crippen LogP contribution in [0.2, 0.25) is 0 Å². The predicted octanol–water partition coefficient (Wildman–Crippen LogP) is -0.294. The van der Waals surface area contributed by atoms with E-state index < -0.39 is 15.6 Å². The minimum Gasteiger partial charge on any atom is -0.383 e. The quantitative estimate of drug-likeness (QED) is 0.759. The van der Waals surface area contributed by atoms with E-state index in [4.69, 9.17) is 10.5 Å². The van der Waals surface area contributed by atoms with Gasteiger partial charge in [-0.3, -0.25) is 4.68 Å². The number of rotatable bonds is 5. The van der Waals surface area contributed by atoms with E-state index in [1.807, 2.05) is 0 Å². The number of anilines is 1. The van der Waals surface area contributed by atoms with Gasteiger partial charge < -0.3 is 10.5 Å². The van der Waals surface area contributed by atoms with Crippen molar-refractivity contribution in [1.82, 2.24) is 14.5 Å². The number of sulfonamides is 1. The molecule has 0 saturated heterocycles. The summed E-state index contributed by atoms with van der Waals surface area (Å²) in [7, 11) is -0.573. The number of ether oxygens (including phenoxy) is 1. The van der Waals surface area contributed by atoms with Crippen LogP contribution >= 0.6 is 0 Å². The molecule has 1 rings (SSSR count). The molecule has 0 aliphatic carbocycles. The molecule has 98 valence electrons. The summed E-state index contributed by atoms with van der Waals surface area (Å²) in [5, 5.41) is 3.80. The number of aryl methyl sites for hydroxylation is 1. The van der Waals surface area contributed by atoms with Crippen molar-refractivity contribution in [1.29, 1.82) is 0 Å². The Labute approximate surface area is 101 Å². The average Bonchev–Trinajstić information content (AvgIpc) is 2.43. The molecule has 1 heterocycles. The van der Waals surface area contributed by atoms with Crippen LogP contribution in [0.25, 0.3) is 0 Å². The SMILES string of the molecule is COCC(C)(C)NS(=O)(=O)c1cn(C)nc1N. The second kappa shape index (κ2) is 4.63. The molecule has 1 aromatic rings. The molecule has 0 aromatic carbocycles. The lowest BCUT2D eigenvalue weighted by Crippen LogP contribution is -2.46. The second-order valence-electron chi connectivity index (χ2n) is 4.47. The van der Waals surface area contributed by atoms with Crippen LogP contribution in [-0.4, -0.2) is 37.5 Å². The van der Waals surface area contributed by atoms with Crippen LogP contribution < -0.4 is 10.5 Å². The summed E-state index contributed by atoms with van der Waals surface area (Å²) in [6.45, 7) is 3.70. The van der Waals surface area contributed by atoms with E-state index >= 15 is 0 Å². The Bertz CT molecular complexity index is 492. The normalized spacial score (nSPS) is 12.9. The first-order chi connectivity index (χ1) is 7.68. The largest absolute Gasteiger partial charge is 0.383 e. The smallest absolute Gasteiger partial charge is 0.246 e. The molecule has 0 aliphatic heterocycles. The maximum absolute atomic E-state index is 12.1. The third-order valence-corrected chi connectivity index (χ3v) is 3.74. The van der Waals surface area contributed by atoms with Crippen molar-refractivity contribution in [2.75, 3.05) is 19.5 Å². The van der Waals surface area contributed by atoms with Gasteiger partial charge in [0.1, 0.15) is 4.90 Å². The summed E-state index contributed by atoms with van der Waals surface area (Å²) in [5.41, 5.74) is 4.83. The molecule has 1 aromatic heterocycles. The van der Waals surface area contributed by atoms with Crippen molar-refractivity contribution in [2.24, 2.45) is 7.05 Å². The number of nitrogen functional groups attached to an aromatic ring is 1. The summed E-state index contributed by atoms with van der Waals surface area (Å²) in [6.07, 6.45) is 1.36. The third kappa shape index (κ3) is 3.42. The van der Waals surface area contributed by atoms with Gasteiger partial charge >= 0.3 is 0 Å². The highest BCUT2D eigenvalue weighted by atomic mass is 32.2. The summed E-state index contributed by atoms with van der Waals surface area (Å²) in [5.74, 6) is -0.0202. The maximum atomic E-state index is 12.1. The van der Waals surface area contributed by atoms with Gasteiger partial charge in [-0.1, -0.05) is 0 Å². The molecule has 0 unspecified atom stereocenters. The molecule has 0 atom stereocenters. The monoisotopic (exact) mass is 262 g/mol. The van der Waals surface area contributed by atoms with Crippen LogP contribution in [0, 0.1) is 0 Å². The van der Waals surface area contributed by atoms with Crippen molar-refractivity contribution in [3.8, 4) is 0 Å². The van der Waals surface area contributed by atoms with Gasteiger partial charge in [-0.15, -0.1) is 0 Å².